The van der Waals surface area contributed by atoms with Crippen molar-refractivity contribution in [3.63, 3.8) is 0 Å². The van der Waals surface area contributed by atoms with E-state index in [1.807, 2.05) is 87.1 Å². The molecule has 17 heteroatoms. The lowest BCUT2D eigenvalue weighted by atomic mass is 9.98. The van der Waals surface area contributed by atoms with E-state index in [0.29, 0.717) is 79.2 Å². The van der Waals surface area contributed by atoms with Crippen molar-refractivity contribution in [3.8, 4) is 28.6 Å². The van der Waals surface area contributed by atoms with Gasteiger partial charge in [-0.25, -0.2) is 33.4 Å². The number of aliphatic imine (C=N–C) groups is 1. The van der Waals surface area contributed by atoms with E-state index >= 15 is 8.78 Å². The van der Waals surface area contributed by atoms with Gasteiger partial charge in [-0.15, -0.1) is 0 Å². The minimum absolute atomic E-state index is 0.0901. The van der Waals surface area contributed by atoms with Crippen LogP contribution in [0.3, 0.4) is 0 Å². The second-order valence-electron chi connectivity index (χ2n) is 16.5. The number of carbonyl (C=O) groups is 1. The van der Waals surface area contributed by atoms with E-state index in [-0.39, 0.29) is 29.0 Å². The van der Waals surface area contributed by atoms with Crippen molar-refractivity contribution < 1.29 is 18.3 Å². The Hall–Kier alpha value is -8.12. The zero-order chi connectivity index (χ0) is 49.0. The maximum Gasteiger partial charge on any atom is 0.224 e. The third-order valence-corrected chi connectivity index (χ3v) is 12.9. The second-order valence-corrected chi connectivity index (χ2v) is 17.2. The van der Waals surface area contributed by atoms with E-state index < -0.39 is 11.6 Å². The fourth-order valence-corrected chi connectivity index (χ4v) is 9.41. The number of aryl methyl sites for hydroxylation is 5. The van der Waals surface area contributed by atoms with E-state index in [2.05, 4.69) is 34.6 Å². The lowest BCUT2D eigenvalue weighted by Gasteiger charge is -2.16. The number of carbonyl (C=O) groups excluding carboxylic acids is 1. The van der Waals surface area contributed by atoms with Gasteiger partial charge in [-0.2, -0.15) is 4.98 Å². The van der Waals surface area contributed by atoms with Crippen molar-refractivity contribution in [2.45, 2.75) is 60.8 Å². The zero-order valence-corrected chi connectivity index (χ0v) is 40.1. The van der Waals surface area contributed by atoms with Gasteiger partial charge in [0.25, 0.3) is 0 Å². The third-order valence-electron chi connectivity index (χ3n) is 12.1. The van der Waals surface area contributed by atoms with Gasteiger partial charge in [-0.3, -0.25) is 28.1 Å². The maximum atomic E-state index is 15.4. The first-order valence-electron chi connectivity index (χ1n) is 21.8. The summed E-state index contributed by atoms with van der Waals surface area (Å²) in [5, 5.41) is 0.460. The molecule has 0 spiro atoms. The normalized spacial score (nSPS) is 12.1. The van der Waals surface area contributed by atoms with Gasteiger partial charge in [0.05, 0.1) is 48.0 Å². The number of aromatic nitrogens is 8. The summed E-state index contributed by atoms with van der Waals surface area (Å²) in [7, 11) is 1.51. The number of rotatable bonds is 7. The molecule has 0 atom stereocenters. The standard InChI is InChI=1S/C26H21FN6OS.C26H20FN5OS/c1-6-21-30-22-18(25(31-21)34-5)12-17(13-19(22)27)32-23-14(2)9-10-29-24(23)33(26(32)35)16-7-8-20(28-4)15(3)11-16;1-5-16-11-22(33)19-12-18(13-20(27)23(19)30-16)31-24-14(2)8-9-29-25(24)32(26(31)34)17-6-7-21(28-4)15(3)10-17/h7-13H,6H2,1-3,5H3;6-10,12-13H,5,11H2,1-3H3. The van der Waals surface area contributed by atoms with Gasteiger partial charge in [0, 0.05) is 60.0 Å². The summed E-state index contributed by atoms with van der Waals surface area (Å²) < 4.78 is 44.1. The quantitative estimate of drug-likeness (QED) is 0.114. The highest BCUT2D eigenvalue weighted by Crippen LogP contribution is 2.37. The van der Waals surface area contributed by atoms with Crippen molar-refractivity contribution >= 4 is 86.2 Å². The predicted molar refractivity (Wildman–Crippen MR) is 269 cm³/mol. The van der Waals surface area contributed by atoms with Gasteiger partial charge in [0.15, 0.2) is 49.6 Å². The number of benzene rings is 4. The summed E-state index contributed by atoms with van der Waals surface area (Å²) >= 11 is 11.8. The first-order chi connectivity index (χ1) is 33.2. The van der Waals surface area contributed by atoms with Crippen LogP contribution in [-0.2, 0) is 6.42 Å². The number of hydrogen-bond donors (Lipinski definition) is 0. The Kier molecular flexibility index (Phi) is 12.1. The Morgan fingerprint density at radius 3 is 1.70 bits per heavy atom. The van der Waals surface area contributed by atoms with Crippen LogP contribution in [0.25, 0.3) is 65.7 Å². The number of fused-ring (bicyclic) bond motifs is 4. The molecule has 4 aromatic carbocycles. The average molecular weight is 954 g/mol. The molecule has 13 nitrogen and oxygen atoms in total. The Labute approximate surface area is 405 Å². The van der Waals surface area contributed by atoms with Gasteiger partial charge in [-0.1, -0.05) is 26.0 Å². The first-order valence-corrected chi connectivity index (χ1v) is 22.7. The molecule has 0 radical (unpaired) electrons. The predicted octanol–water partition coefficient (Wildman–Crippen LogP) is 13.3. The lowest BCUT2D eigenvalue weighted by Crippen LogP contribution is -2.14. The molecule has 0 aliphatic carbocycles. The molecule has 0 unspecified atom stereocenters. The summed E-state index contributed by atoms with van der Waals surface area (Å²) in [5.41, 5.74) is 11.0. The Morgan fingerprint density at radius 1 is 0.667 bits per heavy atom. The van der Waals surface area contributed by atoms with Crippen molar-refractivity contribution in [2.24, 2.45) is 4.99 Å². The zero-order valence-electron chi connectivity index (χ0n) is 38.5. The van der Waals surface area contributed by atoms with E-state index in [1.165, 1.54) is 19.2 Å². The molecule has 0 N–H and O–H groups in total. The monoisotopic (exact) mass is 953 g/mol. The lowest BCUT2D eigenvalue weighted by molar-refractivity contribution is 0.0998. The van der Waals surface area contributed by atoms with Gasteiger partial charge >= 0.3 is 0 Å². The maximum absolute atomic E-state index is 15.4. The highest BCUT2D eigenvalue weighted by atomic mass is 32.1. The Bertz CT molecular complexity index is 3910. The van der Waals surface area contributed by atoms with E-state index in [4.69, 9.17) is 42.3 Å². The van der Waals surface area contributed by atoms with Gasteiger partial charge in [0.1, 0.15) is 17.0 Å². The molecule has 0 saturated heterocycles. The molecule has 6 heterocycles. The number of methoxy groups -OCH3 is 1. The molecule has 9 aromatic rings. The topological polar surface area (TPSA) is 119 Å². The van der Waals surface area contributed by atoms with Gasteiger partial charge in [-0.05, 0) is 129 Å². The molecule has 0 amide bonds. The van der Waals surface area contributed by atoms with E-state index in [1.54, 1.807) is 45.8 Å². The number of ether oxygens (including phenoxy) is 1. The van der Waals surface area contributed by atoms with Crippen LogP contribution in [0.15, 0.2) is 90.2 Å². The molecule has 0 bridgehead atoms. The van der Waals surface area contributed by atoms with Crippen LogP contribution in [0.2, 0.25) is 0 Å². The largest absolute Gasteiger partial charge is 0.480 e. The molecule has 10 rings (SSSR count). The number of hydrogen-bond acceptors (Lipinski definition) is 9. The molecular formula is C52H41F2N11O2S2. The molecule has 69 heavy (non-hydrogen) atoms. The second kappa shape index (κ2) is 18.2. The van der Waals surface area contributed by atoms with Crippen molar-refractivity contribution in [1.29, 1.82) is 0 Å². The third kappa shape index (κ3) is 7.85. The summed E-state index contributed by atoms with van der Waals surface area (Å²) in [5.74, 6) is -0.392. The minimum atomic E-state index is -0.562. The van der Waals surface area contributed by atoms with Crippen LogP contribution in [-0.4, -0.2) is 56.8 Å². The Morgan fingerprint density at radius 2 is 1.20 bits per heavy atom. The Balaban J connectivity index is 0.000000172. The molecule has 1 aliphatic rings. The summed E-state index contributed by atoms with van der Waals surface area (Å²) in [6.07, 6.45) is 4.76. The van der Waals surface area contributed by atoms with Gasteiger partial charge < -0.3 is 4.74 Å². The van der Waals surface area contributed by atoms with Crippen LogP contribution in [0.4, 0.5) is 25.8 Å². The van der Waals surface area contributed by atoms with E-state index in [9.17, 15) is 4.79 Å². The highest BCUT2D eigenvalue weighted by molar-refractivity contribution is 7.71. The average Bonchev–Trinajstić information content (AvgIpc) is 3.82. The van der Waals surface area contributed by atoms with Gasteiger partial charge in [0.2, 0.25) is 5.88 Å². The number of ketones is 1. The molecular weight excluding hydrogens is 913 g/mol. The van der Waals surface area contributed by atoms with E-state index in [0.717, 1.165) is 44.7 Å². The molecule has 5 aromatic heterocycles. The fourth-order valence-electron chi connectivity index (χ4n) is 8.64. The van der Waals surface area contributed by atoms with Crippen molar-refractivity contribution in [1.82, 2.24) is 38.2 Å². The van der Waals surface area contributed by atoms with Crippen LogP contribution >= 0.6 is 24.4 Å². The molecule has 0 saturated carbocycles. The summed E-state index contributed by atoms with van der Waals surface area (Å²) in [6.45, 7) is 26.1. The fraction of sp³-hybridized carbons (Fsp3) is 0.192. The highest BCUT2D eigenvalue weighted by Gasteiger charge is 2.26. The summed E-state index contributed by atoms with van der Waals surface area (Å²) in [6, 6.07) is 21.0. The number of imidazole rings is 2. The first kappa shape index (κ1) is 46.0. The van der Waals surface area contributed by atoms with Crippen LogP contribution in [0.1, 0.15) is 65.1 Å². The number of halogens is 2. The molecule has 0 fully saturated rings. The van der Waals surface area contributed by atoms with Crippen molar-refractivity contribution in [2.75, 3.05) is 7.11 Å². The summed E-state index contributed by atoms with van der Waals surface area (Å²) in [4.78, 5) is 42.2. The number of pyridine rings is 2. The SMILES string of the molecule is [C-]#[N+]c1ccc(-n2c(=S)n(-c3cc(F)c4c(c3)C(=O)CC(CC)=N4)c3c(C)ccnc32)cc1C.[C-]#[N+]c1ccc(-n2c(=S)n(-c3cc(F)c4nc(CC)nc(OC)c4c3)c3c(C)ccnc32)cc1C. The number of nitrogens with zero attached hydrogens (tertiary/aromatic N) is 11. The van der Waals surface area contributed by atoms with Crippen LogP contribution in [0, 0.1) is 62.0 Å². The number of Topliss-reactive ketones (excluding diaryl/α,β-unsaturated/α-hetero) is 1. The van der Waals surface area contributed by atoms with Crippen molar-refractivity contribution in [3.05, 3.63) is 163 Å². The molecule has 1 aliphatic heterocycles. The molecule has 342 valence electrons. The minimum Gasteiger partial charge on any atom is -0.480 e. The van der Waals surface area contributed by atoms with Crippen LogP contribution in [0.5, 0.6) is 5.88 Å². The smallest absolute Gasteiger partial charge is 0.224 e. The van der Waals surface area contributed by atoms with Crippen LogP contribution < -0.4 is 4.74 Å².